The van der Waals surface area contributed by atoms with Crippen molar-refractivity contribution in [1.29, 1.82) is 0 Å². The SMILES string of the molecule is C[C@]12CC[C@@H]3c4ccc(O[C@@H]5O[C@H](C(=O)[O-])C(O)[C@H](O)C5O)cc4CC[C@H]3[C@@H]1C[C@@H](O)[C@@H]2O.[Na+]. The van der Waals surface area contributed by atoms with Crippen molar-refractivity contribution in [3.8, 4) is 5.75 Å². The Morgan fingerprint density at radius 2 is 1.85 bits per heavy atom. The fourth-order valence-corrected chi connectivity index (χ4v) is 6.89. The van der Waals surface area contributed by atoms with E-state index in [0.29, 0.717) is 24.0 Å². The van der Waals surface area contributed by atoms with Gasteiger partial charge in [-0.25, -0.2) is 0 Å². The number of aryl methyl sites for hydroxylation is 1. The molecule has 34 heavy (non-hydrogen) atoms. The van der Waals surface area contributed by atoms with Crippen LogP contribution in [0.2, 0.25) is 0 Å². The van der Waals surface area contributed by atoms with E-state index in [0.717, 1.165) is 31.2 Å². The van der Waals surface area contributed by atoms with Crippen LogP contribution in [0, 0.1) is 17.3 Å². The Morgan fingerprint density at radius 3 is 2.56 bits per heavy atom. The molecule has 0 radical (unpaired) electrons. The third kappa shape index (κ3) is 4.13. The molecule has 0 spiro atoms. The van der Waals surface area contributed by atoms with Crippen molar-refractivity contribution in [3.63, 3.8) is 0 Å². The zero-order chi connectivity index (χ0) is 23.7. The van der Waals surface area contributed by atoms with Gasteiger partial charge in [-0.1, -0.05) is 13.0 Å². The maximum Gasteiger partial charge on any atom is 1.00 e. The zero-order valence-electron chi connectivity index (χ0n) is 19.4. The van der Waals surface area contributed by atoms with Crippen LogP contribution in [0.3, 0.4) is 0 Å². The summed E-state index contributed by atoms with van der Waals surface area (Å²) in [7, 11) is 0. The van der Waals surface area contributed by atoms with E-state index >= 15 is 0 Å². The molecule has 9 nitrogen and oxygen atoms in total. The van der Waals surface area contributed by atoms with Gasteiger partial charge in [0, 0.05) is 0 Å². The van der Waals surface area contributed by atoms with Gasteiger partial charge in [-0.2, -0.15) is 0 Å². The summed E-state index contributed by atoms with van der Waals surface area (Å²) in [5.74, 6) is -0.354. The molecule has 3 aliphatic carbocycles. The van der Waals surface area contributed by atoms with Gasteiger partial charge in [-0.15, -0.1) is 0 Å². The average molecular weight is 486 g/mol. The molecule has 182 valence electrons. The number of fused-ring (bicyclic) bond motifs is 5. The second kappa shape index (κ2) is 9.61. The standard InChI is InChI=1S/C24H32O9.Na/c1-24-7-6-13-12-5-3-11(32-23-19(28)17(26)18(27)20(33-23)22(30)31)8-10(12)2-4-14(13)15(24)9-16(25)21(24)29;/h3,5,8,13-21,23,25-29H,2,4,6-7,9H2,1H3,(H,30,31);/q;+1/p-1/t13-,14-,15+,16-,17+,18?,19?,20+,21+,23-,24+;/m1./s1. The number of aliphatic carboxylic acids is 1. The third-order valence-electron chi connectivity index (χ3n) is 8.73. The normalized spacial score (nSPS) is 45.4. The van der Waals surface area contributed by atoms with Crippen LogP contribution in [0.1, 0.15) is 49.7 Å². The molecule has 1 heterocycles. The maximum atomic E-state index is 11.2. The van der Waals surface area contributed by atoms with E-state index in [1.807, 2.05) is 12.1 Å². The van der Waals surface area contributed by atoms with Gasteiger partial charge in [0.1, 0.15) is 30.2 Å². The summed E-state index contributed by atoms with van der Waals surface area (Å²) < 4.78 is 10.8. The number of carboxylic acids is 1. The second-order valence-electron chi connectivity index (χ2n) is 10.4. The number of ether oxygens (including phenoxy) is 2. The summed E-state index contributed by atoms with van der Waals surface area (Å²) >= 11 is 0. The van der Waals surface area contributed by atoms with E-state index in [1.54, 1.807) is 6.07 Å². The summed E-state index contributed by atoms with van der Waals surface area (Å²) in [5, 5.41) is 62.1. The number of hydrogen-bond donors (Lipinski definition) is 5. The van der Waals surface area contributed by atoms with Crippen LogP contribution in [0.4, 0.5) is 0 Å². The first-order valence-corrected chi connectivity index (χ1v) is 11.7. The van der Waals surface area contributed by atoms with E-state index < -0.39 is 48.9 Å². The Hall–Kier alpha value is -0.750. The Labute approximate surface area is 220 Å². The van der Waals surface area contributed by atoms with Crippen molar-refractivity contribution in [1.82, 2.24) is 0 Å². The summed E-state index contributed by atoms with van der Waals surface area (Å²) in [5.41, 5.74) is 2.06. The van der Waals surface area contributed by atoms with Crippen LogP contribution < -0.4 is 39.4 Å². The third-order valence-corrected chi connectivity index (χ3v) is 8.73. The van der Waals surface area contributed by atoms with Gasteiger partial charge in [0.05, 0.1) is 18.2 Å². The van der Waals surface area contributed by atoms with Crippen molar-refractivity contribution in [2.45, 2.75) is 87.9 Å². The van der Waals surface area contributed by atoms with Crippen LogP contribution in [-0.4, -0.2) is 74.4 Å². The number of carbonyl (C=O) groups is 1. The Bertz CT molecular complexity index is 928. The molecule has 0 amide bonds. The van der Waals surface area contributed by atoms with E-state index in [9.17, 15) is 35.4 Å². The number of aliphatic hydroxyl groups excluding tert-OH is 5. The van der Waals surface area contributed by atoms with Gasteiger partial charge >= 0.3 is 29.6 Å². The Balaban J connectivity index is 0.00000274. The predicted octanol–water partition coefficient (Wildman–Crippen LogP) is -4.19. The fourth-order valence-electron chi connectivity index (χ4n) is 6.89. The smallest absolute Gasteiger partial charge is 0.547 e. The van der Waals surface area contributed by atoms with E-state index in [-0.39, 0.29) is 40.9 Å². The molecule has 11 atom stereocenters. The van der Waals surface area contributed by atoms with Gasteiger partial charge in [0.15, 0.2) is 0 Å². The van der Waals surface area contributed by atoms with E-state index in [1.165, 1.54) is 5.56 Å². The zero-order valence-corrected chi connectivity index (χ0v) is 21.4. The number of benzene rings is 1. The minimum atomic E-state index is -1.82. The van der Waals surface area contributed by atoms with E-state index in [4.69, 9.17) is 9.47 Å². The molecule has 1 aliphatic heterocycles. The molecule has 3 fully saturated rings. The molecule has 2 saturated carbocycles. The van der Waals surface area contributed by atoms with Crippen LogP contribution in [0.5, 0.6) is 5.75 Å². The van der Waals surface area contributed by atoms with Crippen LogP contribution in [-0.2, 0) is 16.0 Å². The van der Waals surface area contributed by atoms with Crippen molar-refractivity contribution in [3.05, 3.63) is 29.3 Å². The molecule has 1 saturated heterocycles. The number of hydrogen-bond acceptors (Lipinski definition) is 9. The molecule has 0 bridgehead atoms. The van der Waals surface area contributed by atoms with Crippen LogP contribution in [0.15, 0.2) is 18.2 Å². The summed E-state index contributed by atoms with van der Waals surface area (Å²) in [6, 6.07) is 5.55. The maximum absolute atomic E-state index is 11.2. The first kappa shape index (κ1) is 26.3. The molecular weight excluding hydrogens is 455 g/mol. The van der Waals surface area contributed by atoms with Gasteiger partial charge in [0.25, 0.3) is 0 Å². The molecule has 1 aromatic rings. The summed E-state index contributed by atoms with van der Waals surface area (Å²) in [4.78, 5) is 11.2. The second-order valence-corrected chi connectivity index (χ2v) is 10.4. The minimum Gasteiger partial charge on any atom is -0.547 e. The number of carbonyl (C=O) groups excluding carboxylic acids is 1. The summed E-state index contributed by atoms with van der Waals surface area (Å²) in [6.45, 7) is 2.10. The first-order chi connectivity index (χ1) is 15.6. The number of aliphatic hydroxyl groups is 5. The topological polar surface area (TPSA) is 160 Å². The monoisotopic (exact) mass is 486 g/mol. The van der Waals surface area contributed by atoms with Crippen molar-refractivity contribution in [2.24, 2.45) is 17.3 Å². The van der Waals surface area contributed by atoms with Crippen LogP contribution >= 0.6 is 0 Å². The van der Waals surface area contributed by atoms with Gasteiger partial charge in [-0.05, 0) is 78.5 Å². The van der Waals surface area contributed by atoms with E-state index in [2.05, 4.69) is 6.92 Å². The molecule has 0 aromatic heterocycles. The van der Waals surface area contributed by atoms with Gasteiger partial charge in [-0.3, -0.25) is 0 Å². The molecular formula is C24H31NaO9. The first-order valence-electron chi connectivity index (χ1n) is 11.7. The number of rotatable bonds is 3. The molecule has 10 heteroatoms. The van der Waals surface area contributed by atoms with Crippen molar-refractivity contribution < 1.29 is 74.5 Å². The quantitative estimate of drug-likeness (QED) is 0.267. The molecule has 2 unspecified atom stereocenters. The predicted molar refractivity (Wildman–Crippen MR) is 111 cm³/mol. The van der Waals surface area contributed by atoms with Crippen LogP contribution in [0.25, 0.3) is 0 Å². The largest absolute Gasteiger partial charge is 1.00 e. The molecule has 1 aromatic carbocycles. The Morgan fingerprint density at radius 1 is 1.12 bits per heavy atom. The number of carboxylic acid groups (broad SMARTS) is 1. The molecule has 5 rings (SSSR count). The van der Waals surface area contributed by atoms with Crippen molar-refractivity contribution in [2.75, 3.05) is 0 Å². The molecule has 5 N–H and O–H groups in total. The fraction of sp³-hybridized carbons (Fsp3) is 0.708. The Kier molecular flexibility index (Phi) is 7.44. The minimum absolute atomic E-state index is 0. The van der Waals surface area contributed by atoms with Gasteiger partial charge < -0.3 is 44.9 Å². The average Bonchev–Trinajstić information content (AvgIpc) is 3.02. The van der Waals surface area contributed by atoms with Gasteiger partial charge in [0.2, 0.25) is 6.29 Å². The summed E-state index contributed by atoms with van der Waals surface area (Å²) in [6.07, 6.45) is -5.72. The molecule has 4 aliphatic rings. The van der Waals surface area contributed by atoms with Crippen molar-refractivity contribution >= 4 is 5.97 Å².